The van der Waals surface area contributed by atoms with Gasteiger partial charge in [-0.05, 0) is 161 Å². The Balaban J connectivity index is 0.000000260. The maximum absolute atomic E-state index is 13.9. The van der Waals surface area contributed by atoms with E-state index in [1.807, 2.05) is 90.4 Å². The number of halogens is 9. The van der Waals surface area contributed by atoms with Gasteiger partial charge >= 0.3 is 23.8 Å². The van der Waals surface area contributed by atoms with Crippen molar-refractivity contribution in [2.45, 2.75) is 24.1 Å². The van der Waals surface area contributed by atoms with Crippen molar-refractivity contribution in [2.24, 2.45) is 0 Å². The van der Waals surface area contributed by atoms with Crippen molar-refractivity contribution in [2.75, 3.05) is 0 Å². The number of carbonyl (C=O) groups excluding carboxylic acids is 4. The number of ether oxygens (including phenoxy) is 2. The fourth-order valence-electron chi connectivity index (χ4n) is 3.48. The lowest BCUT2D eigenvalue weighted by atomic mass is 10.1. The SMILES string of the molecule is O=C(OC(c1ccco1)C(F)(F)C(=O)[O-])c1cc(I)cc(I)c1I.O=C(OC(c1ccco1)C(F)(F)C(=O)[O-])c1cc(I)cc(I)c1O. The number of alkyl halides is 4. The number of carboxylic acid groups (broad SMARTS) is 2. The van der Waals surface area contributed by atoms with Crippen LogP contribution < -0.4 is 10.2 Å². The van der Waals surface area contributed by atoms with E-state index in [-0.39, 0.29) is 11.1 Å². The average molecular weight is 1240 g/mol. The normalized spacial score (nSPS) is 12.7. The molecule has 4 aromatic rings. The Hall–Kier alpha value is -1.95. The van der Waals surface area contributed by atoms with E-state index >= 15 is 0 Å². The minimum atomic E-state index is -4.53. The zero-order valence-electron chi connectivity index (χ0n) is 22.9. The van der Waals surface area contributed by atoms with E-state index in [4.69, 9.17) is 13.6 Å². The zero-order chi connectivity index (χ0) is 36.1. The highest BCUT2D eigenvalue weighted by molar-refractivity contribution is 14.1. The van der Waals surface area contributed by atoms with Crippen LogP contribution in [0, 0.1) is 17.9 Å². The summed E-state index contributed by atoms with van der Waals surface area (Å²) in [6.07, 6.45) is -2.89. The summed E-state index contributed by atoms with van der Waals surface area (Å²) < 4.78 is 77.2. The number of carboxylic acids is 2. The first-order chi connectivity index (χ1) is 22.3. The first kappa shape index (κ1) is 40.5. The van der Waals surface area contributed by atoms with Crippen LogP contribution in [0.25, 0.3) is 0 Å². The van der Waals surface area contributed by atoms with Crippen molar-refractivity contribution >= 4 is 137 Å². The van der Waals surface area contributed by atoms with Crippen molar-refractivity contribution in [3.8, 4) is 5.75 Å². The van der Waals surface area contributed by atoms with Gasteiger partial charge in [0.05, 0.1) is 21.7 Å². The fraction of sp³-hybridized carbons (Fsp3) is 0.143. The molecule has 2 unspecified atom stereocenters. The predicted octanol–water partition coefficient (Wildman–Crippen LogP) is 5.85. The molecule has 0 aliphatic carbocycles. The zero-order valence-corrected chi connectivity index (χ0v) is 33.6. The van der Waals surface area contributed by atoms with E-state index in [9.17, 15) is 52.1 Å². The molecule has 0 amide bonds. The van der Waals surface area contributed by atoms with E-state index in [2.05, 4.69) is 4.74 Å². The highest BCUT2D eigenvalue weighted by atomic mass is 127. The lowest BCUT2D eigenvalue weighted by Gasteiger charge is -2.26. The second-order valence-electron chi connectivity index (χ2n) is 8.96. The number of aliphatic carboxylic acids is 2. The quantitative estimate of drug-likeness (QED) is 0.0872. The maximum Gasteiger partial charge on any atom is 0.342 e. The van der Waals surface area contributed by atoms with Gasteiger partial charge in [0.2, 0.25) is 12.2 Å². The van der Waals surface area contributed by atoms with Gasteiger partial charge in [-0.25, -0.2) is 9.59 Å². The fourth-order valence-corrected chi connectivity index (χ4v) is 7.70. The molecule has 2 aromatic carbocycles. The summed E-state index contributed by atoms with van der Waals surface area (Å²) in [5, 5.41) is 31.4. The number of furan rings is 2. The van der Waals surface area contributed by atoms with Crippen LogP contribution >= 0.6 is 113 Å². The summed E-state index contributed by atoms with van der Waals surface area (Å²) in [6, 6.07) is 10.7. The predicted molar refractivity (Wildman–Crippen MR) is 192 cm³/mol. The summed E-state index contributed by atoms with van der Waals surface area (Å²) in [6.45, 7) is 0. The van der Waals surface area contributed by atoms with Gasteiger partial charge < -0.3 is 43.2 Å². The van der Waals surface area contributed by atoms with E-state index in [0.717, 1.165) is 28.2 Å². The Morgan fingerprint density at radius 3 is 1.48 bits per heavy atom. The standard InChI is InChI=1S/C14H7F2I3O5.C14H8F2I2O6/c2*15-14(16,13(21)22)11(9-2-1-3-23-9)24-12(20)7-4-6(17)5-8(18)10(7)19/h1-5,11H,(H,21,22);1-5,11,19H,(H,21,22)/p-2. The summed E-state index contributed by atoms with van der Waals surface area (Å²) in [7, 11) is 0. The number of esters is 2. The molecule has 11 nitrogen and oxygen atoms in total. The molecule has 0 radical (unpaired) electrons. The summed E-state index contributed by atoms with van der Waals surface area (Å²) in [4.78, 5) is 45.9. The number of rotatable bonds is 10. The third-order valence-electron chi connectivity index (χ3n) is 5.72. The van der Waals surface area contributed by atoms with Crippen LogP contribution in [0.4, 0.5) is 17.6 Å². The first-order valence-corrected chi connectivity index (χ1v) is 17.7. The lowest BCUT2D eigenvalue weighted by Crippen LogP contribution is -2.47. The number of phenolic OH excluding ortho intramolecular Hbond substituents is 1. The summed E-state index contributed by atoms with van der Waals surface area (Å²) in [5.41, 5.74) is -0.324. The van der Waals surface area contributed by atoms with Crippen molar-refractivity contribution in [1.29, 1.82) is 0 Å². The number of aromatic hydroxyl groups is 1. The maximum atomic E-state index is 13.9. The van der Waals surface area contributed by atoms with Gasteiger partial charge in [-0.1, -0.05) is 0 Å². The third kappa shape index (κ3) is 9.63. The lowest BCUT2D eigenvalue weighted by molar-refractivity contribution is -0.337. The van der Waals surface area contributed by atoms with Crippen molar-refractivity contribution in [3.63, 3.8) is 0 Å². The molecule has 256 valence electrons. The average Bonchev–Trinajstić information content (AvgIpc) is 3.73. The van der Waals surface area contributed by atoms with Gasteiger partial charge in [-0.2, -0.15) is 17.6 Å². The smallest absolute Gasteiger partial charge is 0.342 e. The molecule has 0 fully saturated rings. The van der Waals surface area contributed by atoms with Crippen LogP contribution in [-0.4, -0.2) is 40.8 Å². The molecule has 1 N–H and O–H groups in total. The second kappa shape index (κ2) is 16.8. The minimum absolute atomic E-state index is 0.0533. The molecule has 2 aromatic heterocycles. The molecule has 20 heteroatoms. The number of carbonyl (C=O) groups is 4. The molecule has 48 heavy (non-hydrogen) atoms. The Morgan fingerprint density at radius 2 is 1.08 bits per heavy atom. The van der Waals surface area contributed by atoms with E-state index < -0.39 is 65.2 Å². The third-order valence-corrected chi connectivity index (χ3v) is 10.8. The van der Waals surface area contributed by atoms with Crippen LogP contribution in [0.2, 0.25) is 0 Å². The number of hydrogen-bond donors (Lipinski definition) is 1. The molecular weight excluding hydrogens is 1220 g/mol. The Morgan fingerprint density at radius 1 is 0.688 bits per heavy atom. The summed E-state index contributed by atoms with van der Waals surface area (Å²) >= 11 is 9.44. The molecule has 4 rings (SSSR count). The molecule has 2 heterocycles. The Labute approximate surface area is 334 Å². The topological polar surface area (TPSA) is 179 Å². The Bertz CT molecular complexity index is 1680. The molecule has 0 saturated heterocycles. The number of hydrogen-bond acceptors (Lipinski definition) is 11. The van der Waals surface area contributed by atoms with E-state index in [1.54, 1.807) is 34.7 Å². The number of benzene rings is 2. The van der Waals surface area contributed by atoms with Gasteiger partial charge in [0.1, 0.15) is 23.3 Å². The van der Waals surface area contributed by atoms with Crippen LogP contribution in [0.1, 0.15) is 44.4 Å². The molecular formula is C28H13F4I5O11-2. The monoisotopic (exact) mass is 1240 g/mol. The molecule has 0 aliphatic heterocycles. The minimum Gasteiger partial charge on any atom is -0.544 e. The van der Waals surface area contributed by atoms with Gasteiger partial charge in [0.15, 0.2) is 11.5 Å². The van der Waals surface area contributed by atoms with E-state index in [1.165, 1.54) is 24.3 Å². The van der Waals surface area contributed by atoms with Crippen molar-refractivity contribution in [3.05, 3.63) is 102 Å². The van der Waals surface area contributed by atoms with Crippen LogP contribution in [0.5, 0.6) is 5.75 Å². The summed E-state index contributed by atoms with van der Waals surface area (Å²) in [5.74, 6) is -18.3. The molecule has 0 saturated carbocycles. The van der Waals surface area contributed by atoms with Crippen LogP contribution in [0.15, 0.2) is 69.9 Å². The first-order valence-electron chi connectivity index (χ1n) is 12.3. The van der Waals surface area contributed by atoms with Gasteiger partial charge in [0.25, 0.3) is 0 Å². The molecule has 0 spiro atoms. The van der Waals surface area contributed by atoms with Crippen molar-refractivity contribution < 1.29 is 70.4 Å². The molecule has 0 bridgehead atoms. The highest BCUT2D eigenvalue weighted by Crippen LogP contribution is 2.38. The Kier molecular flexibility index (Phi) is 14.2. The van der Waals surface area contributed by atoms with Gasteiger partial charge in [-0.15, -0.1) is 0 Å². The molecule has 2 atom stereocenters. The second-order valence-corrected chi connectivity index (χ2v) is 14.8. The largest absolute Gasteiger partial charge is 0.544 e. The van der Waals surface area contributed by atoms with Crippen molar-refractivity contribution in [1.82, 2.24) is 0 Å². The number of phenols is 1. The van der Waals surface area contributed by atoms with Gasteiger partial charge in [0, 0.05) is 14.3 Å². The van der Waals surface area contributed by atoms with Gasteiger partial charge in [-0.3, -0.25) is 0 Å². The van der Waals surface area contributed by atoms with Crippen LogP contribution in [-0.2, 0) is 19.1 Å². The van der Waals surface area contributed by atoms with Crippen LogP contribution in [0.3, 0.4) is 0 Å². The molecule has 0 aliphatic rings. The highest BCUT2D eigenvalue weighted by Gasteiger charge is 2.48. The van der Waals surface area contributed by atoms with E-state index in [0.29, 0.717) is 14.3 Å².